The number of aliphatic hydroxyl groups is 2. The van der Waals surface area contributed by atoms with E-state index in [9.17, 15) is 67.5 Å². The Morgan fingerprint density at radius 1 is 1.03 bits per heavy atom. The SMILES string of the molecule is Cc1onc(-c2c(Cl)cccc2Cl)c1C(=O)N[C@@H]1C(=O)N2[C@@H]1SC(C)(C)[C@@H]2C(=O)SCCNC(=O)CCNC(=O)C(O)C(C)(C)COP(=O)(O)OP(=O)(O)OCC1OC(n2cnc3c(N)ncnc32)C(O)C1OP(=O)(O)O. The standard InChI is InChI=1S/C40H51Cl2N10O20P3S2/c1-17-22(24(50-70-17)23-18(41)7-6-8-19(23)42)33(56)49-26-35(58)52-29(40(4,5)77-37(26)52)38(59)76-12-11-44-21(53)9-10-45-34(57)30(55)39(2,3)14-68-75(65,66)72-74(63,64)67-13-20-28(71-73(60,61)62)27(54)36(69-20)51-16-48-25-31(43)46-15-47-32(25)51/h6-8,15-16,20,26-30,36-37,54-55H,9-14H2,1-5H3,(H,44,53)(H,45,57)(H,49,56)(H,63,64)(H,65,66)(H2,43,46,47)(H2,60,61,62)/t20?,26-,27?,28?,29+,30?,36?,37-/m1/s1. The number of nitrogens with zero attached hydrogens (tertiary/aromatic N) is 6. The Hall–Kier alpha value is -4.14. The number of nitrogen functional groups attached to an aromatic ring is 1. The number of phosphoric ester groups is 3. The Morgan fingerprint density at radius 2 is 1.70 bits per heavy atom. The first-order valence-electron chi connectivity index (χ1n) is 22.6. The molecular weight excluding hydrogens is 1170 g/mol. The fraction of sp³-hybridized carbons (Fsp3) is 0.525. The maximum atomic E-state index is 13.6. The van der Waals surface area contributed by atoms with Crippen molar-refractivity contribution in [1.29, 1.82) is 0 Å². The number of phosphoric acid groups is 3. The van der Waals surface area contributed by atoms with E-state index in [2.05, 4.69) is 44.9 Å². The molecule has 6 heterocycles. The van der Waals surface area contributed by atoms with Gasteiger partial charge in [0.15, 0.2) is 17.7 Å². The second kappa shape index (κ2) is 23.5. The van der Waals surface area contributed by atoms with Crippen molar-refractivity contribution in [3.05, 3.63) is 52.2 Å². The normalized spacial score (nSPS) is 24.1. The van der Waals surface area contributed by atoms with Crippen LogP contribution in [0.15, 0.2) is 35.4 Å². The highest BCUT2D eigenvalue weighted by atomic mass is 35.5. The van der Waals surface area contributed by atoms with Crippen molar-refractivity contribution in [3.8, 4) is 11.3 Å². The van der Waals surface area contributed by atoms with Gasteiger partial charge in [0, 0.05) is 41.0 Å². The summed E-state index contributed by atoms with van der Waals surface area (Å²) < 4.78 is 67.2. The molecule has 11 N–H and O–H groups in total. The molecule has 3 aromatic heterocycles. The number of aliphatic hydroxyl groups excluding tert-OH is 2. The Kier molecular flexibility index (Phi) is 18.5. The zero-order chi connectivity index (χ0) is 56.7. The first kappa shape index (κ1) is 60.5. The van der Waals surface area contributed by atoms with E-state index < -0.39 is 119 Å². The second-order valence-corrected chi connectivity index (χ2v) is 26.4. The lowest BCUT2D eigenvalue weighted by Crippen LogP contribution is -2.70. The molecule has 4 amide bonds. The summed E-state index contributed by atoms with van der Waals surface area (Å²) in [5, 5.41) is 32.9. The average molecular weight is 1220 g/mol. The predicted molar refractivity (Wildman–Crippen MR) is 271 cm³/mol. The molecule has 3 fully saturated rings. The molecule has 10 atom stereocenters. The van der Waals surface area contributed by atoms with E-state index in [0.29, 0.717) is 0 Å². The molecule has 37 heteroatoms. The molecule has 3 aliphatic rings. The molecular formula is C40H51Cl2N10O20P3S2. The van der Waals surface area contributed by atoms with Gasteiger partial charge in [-0.05, 0) is 32.9 Å². The summed E-state index contributed by atoms with van der Waals surface area (Å²) in [6.07, 6.45) is -7.26. The van der Waals surface area contributed by atoms with Crippen molar-refractivity contribution in [2.45, 2.75) is 93.9 Å². The van der Waals surface area contributed by atoms with Crippen LogP contribution in [-0.2, 0) is 55.5 Å². The Bertz CT molecular complexity index is 3080. The lowest BCUT2D eigenvalue weighted by atomic mass is 9.87. The fourth-order valence-electron chi connectivity index (χ4n) is 8.23. The maximum absolute atomic E-state index is 13.6. The number of aromatic nitrogens is 5. The van der Waals surface area contributed by atoms with Crippen molar-refractivity contribution < 1.29 is 94.6 Å². The number of nitrogens with one attached hydrogen (secondary N) is 3. The Morgan fingerprint density at radius 3 is 2.38 bits per heavy atom. The van der Waals surface area contributed by atoms with Crippen molar-refractivity contribution >= 4 is 116 Å². The number of carbonyl (C=O) groups excluding carboxylic acids is 5. The van der Waals surface area contributed by atoms with Gasteiger partial charge in [-0.25, -0.2) is 28.6 Å². The van der Waals surface area contributed by atoms with Gasteiger partial charge in [-0.3, -0.25) is 42.1 Å². The summed E-state index contributed by atoms with van der Waals surface area (Å²) in [5.41, 5.74) is 4.59. The lowest BCUT2D eigenvalue weighted by molar-refractivity contribution is -0.150. The zero-order valence-electron chi connectivity index (χ0n) is 40.8. The Balaban J connectivity index is 0.815. The van der Waals surface area contributed by atoms with Gasteiger partial charge < -0.3 is 65.6 Å². The highest BCUT2D eigenvalue weighted by Crippen LogP contribution is 2.61. The molecule has 7 rings (SSSR count). The third-order valence-corrected chi connectivity index (χ3v) is 18.2. The number of hydrogen-bond acceptors (Lipinski definition) is 23. The average Bonchev–Trinajstić information content (AvgIpc) is 4.16. The molecule has 0 radical (unpaired) electrons. The summed E-state index contributed by atoms with van der Waals surface area (Å²) in [5.74, 6) is -2.50. The molecule has 0 aliphatic carbocycles. The summed E-state index contributed by atoms with van der Waals surface area (Å²) in [6, 6.07) is 2.94. The van der Waals surface area contributed by atoms with Crippen LogP contribution in [0.25, 0.3) is 22.4 Å². The quantitative estimate of drug-likeness (QED) is 0.0287. The number of ether oxygens (including phenoxy) is 1. The van der Waals surface area contributed by atoms with Crippen molar-refractivity contribution in [3.63, 3.8) is 0 Å². The van der Waals surface area contributed by atoms with Crippen LogP contribution in [-0.4, -0.2) is 167 Å². The van der Waals surface area contributed by atoms with Gasteiger partial charge in [-0.2, -0.15) is 4.31 Å². The van der Waals surface area contributed by atoms with Crippen LogP contribution in [0.3, 0.4) is 0 Å². The first-order valence-corrected chi connectivity index (χ1v) is 29.7. The number of halogens is 2. The number of fused-ring (bicyclic) bond motifs is 2. The molecule has 0 bridgehead atoms. The van der Waals surface area contributed by atoms with Crippen LogP contribution in [0.4, 0.5) is 5.82 Å². The van der Waals surface area contributed by atoms with Gasteiger partial charge in [-0.15, -0.1) is 11.8 Å². The van der Waals surface area contributed by atoms with Crippen LogP contribution in [0.1, 0.15) is 56.5 Å². The van der Waals surface area contributed by atoms with E-state index >= 15 is 0 Å². The number of β-lactam (4-membered cyclic amide) rings is 1. The van der Waals surface area contributed by atoms with Crippen molar-refractivity contribution in [2.24, 2.45) is 5.41 Å². The molecule has 4 aromatic rings. The lowest BCUT2D eigenvalue weighted by Gasteiger charge is -2.44. The molecule has 0 spiro atoms. The number of imidazole rings is 1. The molecule has 77 heavy (non-hydrogen) atoms. The van der Waals surface area contributed by atoms with Crippen molar-refractivity contribution in [1.82, 2.24) is 45.5 Å². The van der Waals surface area contributed by atoms with Gasteiger partial charge >= 0.3 is 23.5 Å². The van der Waals surface area contributed by atoms with E-state index in [-0.39, 0.29) is 80.0 Å². The van der Waals surface area contributed by atoms with E-state index in [1.807, 2.05) is 0 Å². The fourth-order valence-corrected chi connectivity index (χ4v) is 14.3. The smallest absolute Gasteiger partial charge is 0.386 e. The number of benzene rings is 1. The van der Waals surface area contributed by atoms with Crippen LogP contribution in [0.2, 0.25) is 10.0 Å². The number of amides is 4. The topological polar surface area (TPSA) is 439 Å². The molecule has 0 saturated carbocycles. The minimum atomic E-state index is -5.63. The third-order valence-electron chi connectivity index (χ3n) is 12.0. The number of rotatable bonds is 23. The number of anilines is 1. The van der Waals surface area contributed by atoms with Gasteiger partial charge in [0.2, 0.25) is 22.8 Å². The summed E-state index contributed by atoms with van der Waals surface area (Å²) in [6.45, 7) is 5.18. The zero-order valence-corrected chi connectivity index (χ0v) is 46.6. The monoisotopic (exact) mass is 1220 g/mol. The number of thioether (sulfide) groups is 2. The molecule has 30 nitrogen and oxygen atoms in total. The van der Waals surface area contributed by atoms with E-state index in [4.69, 9.17) is 47.2 Å². The largest absolute Gasteiger partial charge is 0.481 e. The number of nitrogens with two attached hydrogens (primary N) is 1. The van der Waals surface area contributed by atoms with E-state index in [1.165, 1.54) is 37.4 Å². The van der Waals surface area contributed by atoms with E-state index in [1.54, 1.807) is 32.0 Å². The Labute approximate surface area is 454 Å². The number of aryl methyl sites for hydroxylation is 1. The van der Waals surface area contributed by atoms with Crippen LogP contribution in [0, 0.1) is 12.3 Å². The molecule has 3 saturated heterocycles. The molecule has 3 aliphatic heterocycles. The van der Waals surface area contributed by atoms with Crippen LogP contribution < -0.4 is 21.7 Å². The van der Waals surface area contributed by atoms with Crippen LogP contribution >= 0.6 is 70.2 Å². The van der Waals surface area contributed by atoms with Gasteiger partial charge in [-0.1, -0.05) is 60.0 Å². The van der Waals surface area contributed by atoms with Crippen molar-refractivity contribution in [2.75, 3.05) is 37.8 Å². The summed E-state index contributed by atoms with van der Waals surface area (Å²) in [4.78, 5) is 119. The molecule has 422 valence electrons. The first-order chi connectivity index (χ1) is 35.8. The minimum Gasteiger partial charge on any atom is -0.386 e. The van der Waals surface area contributed by atoms with Gasteiger partial charge in [0.25, 0.3) is 5.91 Å². The molecule has 1 aromatic carbocycles. The van der Waals surface area contributed by atoms with Crippen LogP contribution in [0.5, 0.6) is 0 Å². The summed E-state index contributed by atoms with van der Waals surface area (Å²) in [7, 11) is -16.6. The van der Waals surface area contributed by atoms with Gasteiger partial charge in [0.05, 0.1) is 29.6 Å². The molecule has 7 unspecified atom stereocenters. The van der Waals surface area contributed by atoms with E-state index in [0.717, 1.165) is 29.0 Å². The maximum Gasteiger partial charge on any atom is 0.481 e. The second-order valence-electron chi connectivity index (χ2n) is 18.5. The highest BCUT2D eigenvalue weighted by Gasteiger charge is 2.64. The minimum absolute atomic E-state index is 0.0106. The highest BCUT2D eigenvalue weighted by molar-refractivity contribution is 8.14. The summed E-state index contributed by atoms with van der Waals surface area (Å²) >= 11 is 15.0. The van der Waals surface area contributed by atoms with Gasteiger partial charge in [0.1, 0.15) is 70.7 Å². The third kappa shape index (κ3) is 13.7. The predicted octanol–water partition coefficient (Wildman–Crippen LogP) is 1.80. The number of hydrogen-bond donors (Lipinski definition) is 10. The number of carbonyl (C=O) groups is 5.